The minimum atomic E-state index is -0.690. The molecule has 160 valence electrons. The fourth-order valence-electron chi connectivity index (χ4n) is 1.99. The SMILES string of the molecule is COCCOCOc1cc(CC(=O)OCl)c(Cl)c(OC)c1OCOCCOC. The lowest BCUT2D eigenvalue weighted by molar-refractivity contribution is -0.133. The van der Waals surface area contributed by atoms with Gasteiger partial charge in [-0.2, -0.15) is 0 Å². The second-order valence-corrected chi connectivity index (χ2v) is 5.69. The lowest BCUT2D eigenvalue weighted by Crippen LogP contribution is -2.12. The van der Waals surface area contributed by atoms with Crippen molar-refractivity contribution >= 4 is 29.4 Å². The molecule has 0 heterocycles. The summed E-state index contributed by atoms with van der Waals surface area (Å²) in [6.45, 7) is 1.31. The van der Waals surface area contributed by atoms with Gasteiger partial charge in [0.25, 0.3) is 0 Å². The van der Waals surface area contributed by atoms with Crippen molar-refractivity contribution in [3.05, 3.63) is 16.7 Å². The van der Waals surface area contributed by atoms with Crippen molar-refractivity contribution in [3.8, 4) is 17.2 Å². The van der Waals surface area contributed by atoms with Gasteiger partial charge in [-0.05, 0) is 11.6 Å². The van der Waals surface area contributed by atoms with Crippen LogP contribution in [0, 0.1) is 0 Å². The normalized spacial score (nSPS) is 10.6. The van der Waals surface area contributed by atoms with Gasteiger partial charge in [0.1, 0.15) is 11.9 Å². The molecule has 0 aromatic heterocycles. The fourth-order valence-corrected chi connectivity index (χ4v) is 2.33. The number of methoxy groups -OCH3 is 3. The van der Waals surface area contributed by atoms with Crippen LogP contribution in [0.1, 0.15) is 5.56 Å². The molecule has 0 aliphatic carbocycles. The van der Waals surface area contributed by atoms with Gasteiger partial charge in [-0.3, -0.25) is 4.79 Å². The average Bonchev–Trinajstić information content (AvgIpc) is 2.70. The van der Waals surface area contributed by atoms with Gasteiger partial charge in [-0.15, -0.1) is 0 Å². The number of benzene rings is 1. The summed E-state index contributed by atoms with van der Waals surface area (Å²) in [5, 5.41) is 0.157. The molecule has 0 bridgehead atoms. The Bertz CT molecular complexity index is 598. The second-order valence-electron chi connectivity index (χ2n) is 5.16. The van der Waals surface area contributed by atoms with Gasteiger partial charge in [0, 0.05) is 14.2 Å². The molecule has 1 rings (SSSR count). The molecular formula is C17H24Cl2O9. The summed E-state index contributed by atoms with van der Waals surface area (Å²) < 4.78 is 41.1. The maximum absolute atomic E-state index is 11.5. The molecule has 0 radical (unpaired) electrons. The first-order valence-electron chi connectivity index (χ1n) is 8.18. The molecule has 28 heavy (non-hydrogen) atoms. The van der Waals surface area contributed by atoms with Crippen molar-refractivity contribution in [3.63, 3.8) is 0 Å². The number of halogens is 2. The molecular weight excluding hydrogens is 419 g/mol. The monoisotopic (exact) mass is 442 g/mol. The number of hydrogen-bond donors (Lipinski definition) is 0. The van der Waals surface area contributed by atoms with E-state index in [1.807, 2.05) is 0 Å². The first kappa shape index (κ1) is 24.5. The van der Waals surface area contributed by atoms with E-state index in [4.69, 9.17) is 56.6 Å². The van der Waals surface area contributed by atoms with Crippen molar-refractivity contribution in [2.45, 2.75) is 6.42 Å². The largest absolute Gasteiger partial charge is 0.491 e. The summed E-state index contributed by atoms with van der Waals surface area (Å²) in [5.74, 6) is -0.0807. The van der Waals surface area contributed by atoms with Gasteiger partial charge in [0.15, 0.2) is 25.1 Å². The van der Waals surface area contributed by atoms with Crippen molar-refractivity contribution < 1.29 is 42.2 Å². The second kappa shape index (κ2) is 14.5. The van der Waals surface area contributed by atoms with E-state index in [-0.39, 0.29) is 42.3 Å². The third-order valence-corrected chi connectivity index (χ3v) is 3.88. The van der Waals surface area contributed by atoms with Crippen LogP contribution in [0.4, 0.5) is 0 Å². The van der Waals surface area contributed by atoms with Gasteiger partial charge in [-0.25, -0.2) is 0 Å². The Morgan fingerprint density at radius 3 is 2.07 bits per heavy atom. The molecule has 0 N–H and O–H groups in total. The van der Waals surface area contributed by atoms with E-state index >= 15 is 0 Å². The van der Waals surface area contributed by atoms with Crippen molar-refractivity contribution in [2.24, 2.45) is 0 Å². The zero-order chi connectivity index (χ0) is 20.8. The summed E-state index contributed by atoms with van der Waals surface area (Å²) in [4.78, 5) is 11.5. The highest BCUT2D eigenvalue weighted by molar-refractivity contribution is 6.33. The molecule has 0 saturated carbocycles. The molecule has 0 saturated heterocycles. The van der Waals surface area contributed by atoms with E-state index in [1.165, 1.54) is 13.2 Å². The summed E-state index contributed by atoms with van der Waals surface area (Å²) in [5.41, 5.74) is 0.378. The summed E-state index contributed by atoms with van der Waals surface area (Å²) >= 11 is 11.4. The average molecular weight is 443 g/mol. The predicted molar refractivity (Wildman–Crippen MR) is 100 cm³/mol. The Kier molecular flexibility index (Phi) is 12.7. The molecule has 0 amide bonds. The Morgan fingerprint density at radius 1 is 0.929 bits per heavy atom. The molecule has 0 fully saturated rings. The van der Waals surface area contributed by atoms with Crippen LogP contribution >= 0.6 is 23.5 Å². The molecule has 11 heteroatoms. The van der Waals surface area contributed by atoms with Crippen LogP contribution in [0.2, 0.25) is 5.02 Å². The van der Waals surface area contributed by atoms with E-state index in [0.29, 0.717) is 32.0 Å². The van der Waals surface area contributed by atoms with Crippen molar-refractivity contribution in [1.29, 1.82) is 0 Å². The summed E-state index contributed by atoms with van der Waals surface area (Å²) in [6, 6.07) is 1.52. The Hall–Kier alpha value is -1.49. The van der Waals surface area contributed by atoms with E-state index in [1.54, 1.807) is 14.2 Å². The molecule has 0 spiro atoms. The van der Waals surface area contributed by atoms with Crippen LogP contribution in [0.3, 0.4) is 0 Å². The number of carbonyl (C=O) groups excluding carboxylic acids is 1. The molecule has 1 aromatic rings. The highest BCUT2D eigenvalue weighted by Gasteiger charge is 2.22. The van der Waals surface area contributed by atoms with Gasteiger partial charge in [0.05, 0.1) is 45.0 Å². The lowest BCUT2D eigenvalue weighted by Gasteiger charge is -2.19. The van der Waals surface area contributed by atoms with Gasteiger partial charge in [0.2, 0.25) is 5.75 Å². The summed E-state index contributed by atoms with van der Waals surface area (Å²) in [6.07, 6.45) is -0.190. The fraction of sp³-hybridized carbons (Fsp3) is 0.588. The molecule has 1 aromatic carbocycles. The molecule has 0 atom stereocenters. The van der Waals surface area contributed by atoms with E-state index in [2.05, 4.69) is 4.29 Å². The van der Waals surface area contributed by atoms with Crippen molar-refractivity contribution in [2.75, 3.05) is 61.3 Å². The third kappa shape index (κ3) is 8.26. The van der Waals surface area contributed by atoms with Crippen LogP contribution in [0.15, 0.2) is 6.07 Å². The molecule has 0 aliphatic heterocycles. The van der Waals surface area contributed by atoms with Gasteiger partial charge in [-0.1, -0.05) is 11.6 Å². The van der Waals surface area contributed by atoms with E-state index in [0.717, 1.165) is 0 Å². The Morgan fingerprint density at radius 2 is 1.54 bits per heavy atom. The first-order chi connectivity index (χ1) is 13.6. The van der Waals surface area contributed by atoms with Gasteiger partial charge >= 0.3 is 5.97 Å². The number of ether oxygens (including phenoxy) is 7. The van der Waals surface area contributed by atoms with Gasteiger partial charge < -0.3 is 37.4 Å². The van der Waals surface area contributed by atoms with Crippen molar-refractivity contribution in [1.82, 2.24) is 0 Å². The maximum atomic E-state index is 11.5. The molecule has 0 aliphatic rings. The number of carbonyl (C=O) groups is 1. The highest BCUT2D eigenvalue weighted by Crippen LogP contribution is 2.45. The highest BCUT2D eigenvalue weighted by atomic mass is 35.5. The standard InChI is InChI=1S/C17H24Cl2O9/c1-21-4-6-24-10-26-13-8-12(9-14(20)28-19)15(18)17(23-3)16(13)27-11-25-7-5-22-2/h8H,4-7,9-11H2,1-3H3. The zero-order valence-corrected chi connectivity index (χ0v) is 17.5. The predicted octanol–water partition coefficient (Wildman–Crippen LogP) is 2.59. The smallest absolute Gasteiger partial charge is 0.329 e. The number of hydrogen-bond acceptors (Lipinski definition) is 9. The summed E-state index contributed by atoms with van der Waals surface area (Å²) in [7, 11) is 4.53. The van der Waals surface area contributed by atoms with Crippen LogP contribution in [0.5, 0.6) is 17.2 Å². The van der Waals surface area contributed by atoms with E-state index in [9.17, 15) is 4.79 Å². The quantitative estimate of drug-likeness (QED) is 0.300. The minimum Gasteiger partial charge on any atom is -0.491 e. The van der Waals surface area contributed by atoms with Crippen LogP contribution in [-0.4, -0.2) is 67.3 Å². The zero-order valence-electron chi connectivity index (χ0n) is 16.0. The topological polar surface area (TPSA) is 90.9 Å². The molecule has 0 unspecified atom stereocenters. The van der Waals surface area contributed by atoms with E-state index < -0.39 is 5.97 Å². The maximum Gasteiger partial charge on any atom is 0.329 e. The minimum absolute atomic E-state index is 0.0889. The lowest BCUT2D eigenvalue weighted by atomic mass is 10.1. The molecule has 9 nitrogen and oxygen atoms in total. The van der Waals surface area contributed by atoms with Crippen LogP contribution in [0.25, 0.3) is 0 Å². The Balaban J connectivity index is 3.01. The number of rotatable bonds is 15. The van der Waals surface area contributed by atoms with Crippen LogP contribution in [-0.2, 0) is 34.5 Å². The first-order valence-corrected chi connectivity index (χ1v) is 8.87. The Labute approximate surface area is 173 Å². The third-order valence-electron chi connectivity index (χ3n) is 3.29. The van der Waals surface area contributed by atoms with Crippen LogP contribution < -0.4 is 14.2 Å².